The molecule has 2 rings (SSSR count). The monoisotopic (exact) mass is 327 g/mol. The van der Waals surface area contributed by atoms with Gasteiger partial charge in [0, 0.05) is 32.0 Å². The van der Waals surface area contributed by atoms with Gasteiger partial charge in [-0.05, 0) is 35.4 Å². The number of rotatable bonds is 6. The molecule has 0 atom stereocenters. The number of carbonyl (C=O) groups excluding carboxylic acids is 2. The Bertz CT molecular complexity index is 699. The molecule has 126 valence electrons. The lowest BCUT2D eigenvalue weighted by atomic mass is 10.2. The second-order valence-electron chi connectivity index (χ2n) is 5.32. The predicted octanol–water partition coefficient (Wildman–Crippen LogP) is 3.11. The van der Waals surface area contributed by atoms with Crippen LogP contribution < -0.4 is 16.0 Å². The Labute approximate surface area is 141 Å². The van der Waals surface area contributed by atoms with Gasteiger partial charge >= 0.3 is 6.03 Å². The summed E-state index contributed by atoms with van der Waals surface area (Å²) >= 11 is 0. The highest BCUT2D eigenvalue weighted by Crippen LogP contribution is 2.12. The first-order valence-electron chi connectivity index (χ1n) is 7.56. The van der Waals surface area contributed by atoms with E-state index in [9.17, 15) is 9.59 Å². The lowest BCUT2D eigenvalue weighted by Gasteiger charge is -2.09. The fourth-order valence-electron chi connectivity index (χ4n) is 2.17. The molecular formula is C18H21N3O3. The lowest BCUT2D eigenvalue weighted by Crippen LogP contribution is -2.28. The van der Waals surface area contributed by atoms with E-state index < -0.39 is 0 Å². The number of urea groups is 1. The van der Waals surface area contributed by atoms with Crippen molar-refractivity contribution in [2.24, 2.45) is 0 Å². The first kappa shape index (κ1) is 17.5. The van der Waals surface area contributed by atoms with E-state index in [0.717, 1.165) is 11.1 Å². The van der Waals surface area contributed by atoms with E-state index in [1.165, 1.54) is 6.92 Å². The molecule has 0 aliphatic heterocycles. The number of amides is 3. The fourth-order valence-corrected chi connectivity index (χ4v) is 2.17. The molecule has 0 heterocycles. The molecule has 0 unspecified atom stereocenters. The van der Waals surface area contributed by atoms with Crippen molar-refractivity contribution in [1.29, 1.82) is 0 Å². The largest absolute Gasteiger partial charge is 0.380 e. The molecule has 0 saturated carbocycles. The highest BCUT2D eigenvalue weighted by atomic mass is 16.5. The molecule has 0 aliphatic rings. The molecule has 0 bridgehead atoms. The Morgan fingerprint density at radius 1 is 0.958 bits per heavy atom. The average Bonchev–Trinajstić information content (AvgIpc) is 2.55. The zero-order valence-electron chi connectivity index (χ0n) is 13.8. The minimum Gasteiger partial charge on any atom is -0.380 e. The van der Waals surface area contributed by atoms with E-state index in [1.54, 1.807) is 13.2 Å². The third-order valence-corrected chi connectivity index (χ3v) is 3.22. The minimum atomic E-state index is -0.292. The lowest BCUT2D eigenvalue weighted by molar-refractivity contribution is -0.114. The molecule has 0 spiro atoms. The Balaban J connectivity index is 1.85. The molecule has 6 nitrogen and oxygen atoms in total. The van der Waals surface area contributed by atoms with Gasteiger partial charge in [0.1, 0.15) is 0 Å². The highest BCUT2D eigenvalue weighted by Gasteiger charge is 2.03. The van der Waals surface area contributed by atoms with Gasteiger partial charge in [-0.3, -0.25) is 4.79 Å². The van der Waals surface area contributed by atoms with Gasteiger partial charge in [-0.2, -0.15) is 0 Å². The van der Waals surface area contributed by atoms with Crippen LogP contribution in [-0.2, 0) is 22.7 Å². The molecule has 0 saturated heterocycles. The minimum absolute atomic E-state index is 0.130. The van der Waals surface area contributed by atoms with Gasteiger partial charge in [-0.1, -0.05) is 24.3 Å². The highest BCUT2D eigenvalue weighted by molar-refractivity contribution is 5.89. The second-order valence-corrected chi connectivity index (χ2v) is 5.32. The molecule has 3 amide bonds. The van der Waals surface area contributed by atoms with Crippen molar-refractivity contribution < 1.29 is 14.3 Å². The van der Waals surface area contributed by atoms with Crippen LogP contribution in [0.3, 0.4) is 0 Å². The van der Waals surface area contributed by atoms with Crippen LogP contribution in [0, 0.1) is 0 Å². The smallest absolute Gasteiger partial charge is 0.319 e. The Morgan fingerprint density at radius 3 is 2.38 bits per heavy atom. The molecule has 0 fully saturated rings. The molecule has 0 aliphatic carbocycles. The van der Waals surface area contributed by atoms with Gasteiger partial charge in [0.15, 0.2) is 0 Å². The quantitative estimate of drug-likeness (QED) is 0.763. The number of nitrogens with one attached hydrogen (secondary N) is 3. The van der Waals surface area contributed by atoms with Gasteiger partial charge < -0.3 is 20.7 Å². The molecule has 24 heavy (non-hydrogen) atoms. The third-order valence-electron chi connectivity index (χ3n) is 3.22. The van der Waals surface area contributed by atoms with Crippen molar-refractivity contribution in [1.82, 2.24) is 5.32 Å². The van der Waals surface area contributed by atoms with E-state index in [4.69, 9.17) is 4.74 Å². The summed E-state index contributed by atoms with van der Waals surface area (Å²) in [6.07, 6.45) is 0. The molecule has 3 N–H and O–H groups in total. The molecule has 2 aromatic carbocycles. The Hall–Kier alpha value is -2.86. The van der Waals surface area contributed by atoms with Crippen LogP contribution in [0.15, 0.2) is 48.5 Å². The molecule has 2 aromatic rings. The number of benzene rings is 2. The SMILES string of the molecule is COCc1ccc(NC(=O)NCc2cccc(NC(C)=O)c2)cc1. The van der Waals surface area contributed by atoms with Gasteiger partial charge in [0.05, 0.1) is 6.61 Å². The van der Waals surface area contributed by atoms with Crippen LogP contribution in [0.4, 0.5) is 16.2 Å². The van der Waals surface area contributed by atoms with Crippen molar-refractivity contribution in [3.8, 4) is 0 Å². The maximum atomic E-state index is 11.9. The van der Waals surface area contributed by atoms with E-state index in [0.29, 0.717) is 24.5 Å². The van der Waals surface area contributed by atoms with Crippen molar-refractivity contribution in [3.05, 3.63) is 59.7 Å². The summed E-state index contributed by atoms with van der Waals surface area (Å²) in [5.41, 5.74) is 3.35. The van der Waals surface area contributed by atoms with Crippen LogP contribution in [0.1, 0.15) is 18.1 Å². The summed E-state index contributed by atoms with van der Waals surface area (Å²) in [6.45, 7) is 2.36. The summed E-state index contributed by atoms with van der Waals surface area (Å²) in [6, 6.07) is 14.5. The van der Waals surface area contributed by atoms with E-state index >= 15 is 0 Å². The normalized spacial score (nSPS) is 10.1. The van der Waals surface area contributed by atoms with E-state index in [-0.39, 0.29) is 11.9 Å². The zero-order valence-corrected chi connectivity index (χ0v) is 13.8. The summed E-state index contributed by atoms with van der Waals surface area (Å²) in [7, 11) is 1.64. The first-order valence-corrected chi connectivity index (χ1v) is 7.56. The molecular weight excluding hydrogens is 306 g/mol. The van der Waals surface area contributed by atoms with Crippen molar-refractivity contribution in [2.75, 3.05) is 17.7 Å². The number of anilines is 2. The maximum Gasteiger partial charge on any atom is 0.319 e. The van der Waals surface area contributed by atoms with Gasteiger partial charge in [-0.15, -0.1) is 0 Å². The maximum absolute atomic E-state index is 11.9. The summed E-state index contributed by atoms with van der Waals surface area (Å²) in [5.74, 6) is -0.130. The number of hydrogen-bond donors (Lipinski definition) is 3. The summed E-state index contributed by atoms with van der Waals surface area (Å²) in [5, 5.41) is 8.26. The van der Waals surface area contributed by atoms with Crippen LogP contribution in [0.5, 0.6) is 0 Å². The number of methoxy groups -OCH3 is 1. The standard InChI is InChI=1S/C18H21N3O3/c1-13(22)20-17-5-3-4-15(10-17)11-19-18(23)21-16-8-6-14(7-9-16)12-24-2/h3-10H,11-12H2,1-2H3,(H,20,22)(H2,19,21,23). The molecule has 6 heteroatoms. The number of carbonyl (C=O) groups is 2. The van der Waals surface area contributed by atoms with Crippen LogP contribution in [0.2, 0.25) is 0 Å². The van der Waals surface area contributed by atoms with Crippen LogP contribution >= 0.6 is 0 Å². The van der Waals surface area contributed by atoms with Gasteiger partial charge in [0.25, 0.3) is 0 Å². The van der Waals surface area contributed by atoms with E-state index in [2.05, 4.69) is 16.0 Å². The zero-order chi connectivity index (χ0) is 17.4. The van der Waals surface area contributed by atoms with Crippen molar-refractivity contribution in [3.63, 3.8) is 0 Å². The van der Waals surface area contributed by atoms with E-state index in [1.807, 2.05) is 42.5 Å². The van der Waals surface area contributed by atoms with Crippen molar-refractivity contribution >= 4 is 23.3 Å². The first-order chi connectivity index (χ1) is 11.6. The number of ether oxygens (including phenoxy) is 1. The molecule has 0 aromatic heterocycles. The fraction of sp³-hybridized carbons (Fsp3) is 0.222. The van der Waals surface area contributed by atoms with Crippen LogP contribution in [0.25, 0.3) is 0 Å². The number of hydrogen-bond acceptors (Lipinski definition) is 3. The Morgan fingerprint density at radius 2 is 1.71 bits per heavy atom. The Kier molecular flexibility index (Phi) is 6.33. The predicted molar refractivity (Wildman–Crippen MR) is 93.8 cm³/mol. The van der Waals surface area contributed by atoms with Gasteiger partial charge in [-0.25, -0.2) is 4.79 Å². The van der Waals surface area contributed by atoms with Crippen molar-refractivity contribution in [2.45, 2.75) is 20.1 Å². The summed E-state index contributed by atoms with van der Waals surface area (Å²) in [4.78, 5) is 23.0. The topological polar surface area (TPSA) is 79.5 Å². The summed E-state index contributed by atoms with van der Waals surface area (Å²) < 4.78 is 5.04. The second kappa shape index (κ2) is 8.69. The third kappa shape index (κ3) is 5.73. The van der Waals surface area contributed by atoms with Crippen LogP contribution in [-0.4, -0.2) is 19.0 Å². The molecule has 0 radical (unpaired) electrons. The average molecular weight is 327 g/mol. The van der Waals surface area contributed by atoms with Gasteiger partial charge in [0.2, 0.25) is 5.91 Å².